The minimum absolute atomic E-state index is 0.205. The van der Waals surface area contributed by atoms with Crippen molar-refractivity contribution in [3.63, 3.8) is 0 Å². The van der Waals surface area contributed by atoms with Crippen LogP contribution in [0, 0.1) is 6.92 Å². The Morgan fingerprint density at radius 1 is 1.26 bits per heavy atom. The van der Waals surface area contributed by atoms with E-state index in [-0.39, 0.29) is 5.91 Å². The summed E-state index contributed by atoms with van der Waals surface area (Å²) in [5.74, 6) is 1.29. The maximum Gasteiger partial charge on any atom is 0.291 e. The maximum absolute atomic E-state index is 12.1. The summed E-state index contributed by atoms with van der Waals surface area (Å²) in [4.78, 5) is 12.1. The Morgan fingerprint density at radius 2 is 2.00 bits per heavy atom. The molecule has 0 saturated heterocycles. The Kier molecular flexibility index (Phi) is 4.05. The van der Waals surface area contributed by atoms with Crippen LogP contribution in [-0.4, -0.2) is 5.91 Å². The van der Waals surface area contributed by atoms with Crippen molar-refractivity contribution in [1.82, 2.24) is 0 Å². The summed E-state index contributed by atoms with van der Waals surface area (Å²) in [6.45, 7) is 6.12. The van der Waals surface area contributed by atoms with Gasteiger partial charge in [-0.2, -0.15) is 0 Å². The second-order valence-electron chi connectivity index (χ2n) is 4.76. The van der Waals surface area contributed by atoms with Crippen LogP contribution in [0.5, 0.6) is 0 Å². The summed E-state index contributed by atoms with van der Waals surface area (Å²) < 4.78 is 5.33. The van der Waals surface area contributed by atoms with E-state index in [0.29, 0.717) is 11.7 Å². The van der Waals surface area contributed by atoms with Crippen LogP contribution in [0.3, 0.4) is 0 Å². The van der Waals surface area contributed by atoms with Crippen LogP contribution in [0.25, 0.3) is 0 Å². The minimum Gasteiger partial charge on any atom is -0.456 e. The lowest BCUT2D eigenvalue weighted by Crippen LogP contribution is -2.13. The molecule has 0 unspecified atom stereocenters. The number of aryl methyl sites for hydroxylation is 1. The highest BCUT2D eigenvalue weighted by atomic mass is 16.3. The van der Waals surface area contributed by atoms with Crippen molar-refractivity contribution in [3.05, 3.63) is 53.5 Å². The lowest BCUT2D eigenvalue weighted by atomic mass is 9.97. The molecule has 100 valence electrons. The number of rotatable bonds is 4. The fraction of sp³-hybridized carbons (Fsp3) is 0.312. The third kappa shape index (κ3) is 3.05. The molecule has 1 heterocycles. The molecule has 1 aromatic heterocycles. The van der Waals surface area contributed by atoms with Gasteiger partial charge in [0.25, 0.3) is 5.91 Å². The second kappa shape index (κ2) is 5.74. The Hall–Kier alpha value is -2.03. The van der Waals surface area contributed by atoms with Gasteiger partial charge in [-0.3, -0.25) is 4.79 Å². The lowest BCUT2D eigenvalue weighted by Gasteiger charge is -2.15. The van der Waals surface area contributed by atoms with Crippen LogP contribution in [0.2, 0.25) is 0 Å². The number of anilines is 1. The molecule has 3 heteroatoms. The molecule has 0 saturated carbocycles. The smallest absolute Gasteiger partial charge is 0.291 e. The van der Waals surface area contributed by atoms with Crippen LogP contribution >= 0.6 is 0 Å². The number of carbonyl (C=O) groups is 1. The number of carbonyl (C=O) groups excluding carboxylic acids is 1. The van der Waals surface area contributed by atoms with E-state index in [1.807, 2.05) is 25.1 Å². The van der Waals surface area contributed by atoms with Gasteiger partial charge in [-0.25, -0.2) is 0 Å². The summed E-state index contributed by atoms with van der Waals surface area (Å²) >= 11 is 0. The molecular formula is C16H19NO2. The number of nitrogens with one attached hydrogen (secondary N) is 1. The molecule has 0 radical (unpaired) electrons. The number of hydrogen-bond donors (Lipinski definition) is 1. The van der Waals surface area contributed by atoms with Crippen molar-refractivity contribution in [2.24, 2.45) is 0 Å². The monoisotopic (exact) mass is 257 g/mol. The zero-order chi connectivity index (χ0) is 13.8. The van der Waals surface area contributed by atoms with Gasteiger partial charge >= 0.3 is 0 Å². The van der Waals surface area contributed by atoms with Crippen LogP contribution < -0.4 is 5.32 Å². The summed E-state index contributed by atoms with van der Waals surface area (Å²) in [7, 11) is 0. The van der Waals surface area contributed by atoms with E-state index in [1.54, 1.807) is 12.1 Å². The highest BCUT2D eigenvalue weighted by Gasteiger charge is 2.14. The molecule has 0 spiro atoms. The highest BCUT2D eigenvalue weighted by molar-refractivity contribution is 6.02. The SMILES string of the molecule is CC[C@@H](C)c1ccccc1NC(=O)c1ccc(C)o1. The van der Waals surface area contributed by atoms with Gasteiger partial charge in [-0.1, -0.05) is 32.0 Å². The van der Waals surface area contributed by atoms with Gasteiger partial charge in [-0.15, -0.1) is 0 Å². The lowest BCUT2D eigenvalue weighted by molar-refractivity contribution is 0.0995. The molecule has 1 N–H and O–H groups in total. The summed E-state index contributed by atoms with van der Waals surface area (Å²) in [6.07, 6.45) is 1.03. The predicted octanol–water partition coefficient (Wildman–Crippen LogP) is 4.35. The van der Waals surface area contributed by atoms with E-state index >= 15 is 0 Å². The molecule has 19 heavy (non-hydrogen) atoms. The van der Waals surface area contributed by atoms with E-state index in [0.717, 1.165) is 23.4 Å². The first-order chi connectivity index (χ1) is 9.11. The maximum atomic E-state index is 12.1. The molecule has 0 bridgehead atoms. The Balaban J connectivity index is 2.21. The molecular weight excluding hydrogens is 238 g/mol. The van der Waals surface area contributed by atoms with Crippen molar-refractivity contribution in [2.75, 3.05) is 5.32 Å². The first kappa shape index (κ1) is 13.4. The Labute approximate surface area is 113 Å². The Bertz CT molecular complexity index is 572. The third-order valence-electron chi connectivity index (χ3n) is 3.32. The Morgan fingerprint density at radius 3 is 2.63 bits per heavy atom. The fourth-order valence-electron chi connectivity index (χ4n) is 2.00. The van der Waals surface area contributed by atoms with E-state index in [1.165, 1.54) is 0 Å². The summed E-state index contributed by atoms with van der Waals surface area (Å²) in [5.41, 5.74) is 2.01. The topological polar surface area (TPSA) is 42.2 Å². The molecule has 2 rings (SSSR count). The average molecular weight is 257 g/mol. The van der Waals surface area contributed by atoms with Crippen molar-refractivity contribution in [3.8, 4) is 0 Å². The molecule has 0 aliphatic carbocycles. The van der Waals surface area contributed by atoms with Crippen molar-refractivity contribution >= 4 is 11.6 Å². The van der Waals surface area contributed by atoms with Gasteiger partial charge in [0, 0.05) is 5.69 Å². The van der Waals surface area contributed by atoms with E-state index in [2.05, 4.69) is 25.2 Å². The largest absolute Gasteiger partial charge is 0.456 e. The van der Waals surface area contributed by atoms with Crippen LogP contribution in [0.4, 0.5) is 5.69 Å². The van der Waals surface area contributed by atoms with Gasteiger partial charge in [0.2, 0.25) is 0 Å². The summed E-state index contributed by atoms with van der Waals surface area (Å²) in [6, 6.07) is 11.4. The molecule has 0 aliphatic rings. The average Bonchev–Trinajstić information content (AvgIpc) is 2.85. The zero-order valence-corrected chi connectivity index (χ0v) is 11.6. The normalized spacial score (nSPS) is 12.2. The number of furan rings is 1. The quantitative estimate of drug-likeness (QED) is 0.884. The number of para-hydroxylation sites is 1. The van der Waals surface area contributed by atoms with Crippen molar-refractivity contribution < 1.29 is 9.21 Å². The minimum atomic E-state index is -0.205. The molecule has 1 amide bonds. The highest BCUT2D eigenvalue weighted by Crippen LogP contribution is 2.26. The first-order valence-electron chi connectivity index (χ1n) is 6.58. The number of amides is 1. The number of hydrogen-bond acceptors (Lipinski definition) is 2. The standard InChI is InChI=1S/C16H19NO2/c1-4-11(2)13-7-5-6-8-14(13)17-16(18)15-10-9-12(3)19-15/h5-11H,4H2,1-3H3,(H,17,18)/t11-/m1/s1. The first-order valence-corrected chi connectivity index (χ1v) is 6.58. The predicted molar refractivity (Wildman–Crippen MR) is 76.5 cm³/mol. The molecule has 2 aromatic rings. The van der Waals surface area contributed by atoms with Crippen LogP contribution in [0.15, 0.2) is 40.8 Å². The molecule has 1 atom stereocenters. The third-order valence-corrected chi connectivity index (χ3v) is 3.32. The second-order valence-corrected chi connectivity index (χ2v) is 4.76. The fourth-order valence-corrected chi connectivity index (χ4v) is 2.00. The molecule has 1 aromatic carbocycles. The van der Waals surface area contributed by atoms with Crippen molar-refractivity contribution in [2.45, 2.75) is 33.1 Å². The van der Waals surface area contributed by atoms with Crippen LogP contribution in [-0.2, 0) is 0 Å². The molecule has 3 nitrogen and oxygen atoms in total. The van der Waals surface area contributed by atoms with E-state index < -0.39 is 0 Å². The zero-order valence-electron chi connectivity index (χ0n) is 11.6. The van der Waals surface area contributed by atoms with Crippen molar-refractivity contribution in [1.29, 1.82) is 0 Å². The van der Waals surface area contributed by atoms with Gasteiger partial charge in [0.15, 0.2) is 5.76 Å². The van der Waals surface area contributed by atoms with Gasteiger partial charge in [0.1, 0.15) is 5.76 Å². The molecule has 0 aliphatic heterocycles. The van der Waals surface area contributed by atoms with E-state index in [4.69, 9.17) is 4.42 Å². The van der Waals surface area contributed by atoms with E-state index in [9.17, 15) is 4.79 Å². The van der Waals surface area contributed by atoms with Gasteiger partial charge in [0.05, 0.1) is 0 Å². The van der Waals surface area contributed by atoms with Gasteiger partial charge < -0.3 is 9.73 Å². The summed E-state index contributed by atoms with van der Waals surface area (Å²) in [5, 5.41) is 2.92. The van der Waals surface area contributed by atoms with Gasteiger partial charge in [-0.05, 0) is 43.0 Å². The van der Waals surface area contributed by atoms with Crippen LogP contribution in [0.1, 0.15) is 48.1 Å². The number of benzene rings is 1. The molecule has 0 fully saturated rings.